The molecule has 0 aliphatic heterocycles. The summed E-state index contributed by atoms with van der Waals surface area (Å²) in [5, 5.41) is 3.66. The van der Waals surface area contributed by atoms with E-state index >= 15 is 0 Å². The first-order chi connectivity index (χ1) is 12.1. The van der Waals surface area contributed by atoms with Crippen LogP contribution in [0, 0.1) is 12.7 Å². The van der Waals surface area contributed by atoms with Crippen LogP contribution in [0.15, 0.2) is 59.4 Å². The Balaban J connectivity index is 1.70. The summed E-state index contributed by atoms with van der Waals surface area (Å²) in [7, 11) is 0. The molecule has 0 saturated heterocycles. The highest BCUT2D eigenvalue weighted by molar-refractivity contribution is 5.80. The van der Waals surface area contributed by atoms with Crippen molar-refractivity contribution in [2.45, 2.75) is 26.4 Å². The fourth-order valence-corrected chi connectivity index (χ4v) is 2.83. The number of para-hydroxylation sites is 1. The van der Waals surface area contributed by atoms with Crippen LogP contribution in [0.25, 0.3) is 10.9 Å². The van der Waals surface area contributed by atoms with Gasteiger partial charge in [0.2, 0.25) is 5.91 Å². The molecule has 1 N–H and O–H groups in total. The van der Waals surface area contributed by atoms with Gasteiger partial charge in [-0.15, -0.1) is 0 Å². The molecule has 128 valence electrons. The van der Waals surface area contributed by atoms with Crippen LogP contribution >= 0.6 is 0 Å². The van der Waals surface area contributed by atoms with Crippen LogP contribution < -0.4 is 10.9 Å². The molecule has 0 bridgehead atoms. The topological polar surface area (TPSA) is 51.1 Å². The molecule has 3 aromatic rings. The normalized spacial score (nSPS) is 10.8. The second-order valence-electron chi connectivity index (χ2n) is 5.96. The molecule has 4 nitrogen and oxygen atoms in total. The van der Waals surface area contributed by atoms with Crippen LogP contribution in [0.2, 0.25) is 0 Å². The van der Waals surface area contributed by atoms with E-state index in [9.17, 15) is 14.0 Å². The van der Waals surface area contributed by atoms with Crippen molar-refractivity contribution in [2.75, 3.05) is 0 Å². The Labute approximate surface area is 144 Å². The summed E-state index contributed by atoms with van der Waals surface area (Å²) in [6.45, 7) is 2.18. The summed E-state index contributed by atoms with van der Waals surface area (Å²) >= 11 is 0. The number of amides is 1. The maximum Gasteiger partial charge on any atom is 0.253 e. The molecular weight excluding hydrogens is 319 g/mol. The minimum Gasteiger partial charge on any atom is -0.352 e. The molecule has 0 aliphatic rings. The largest absolute Gasteiger partial charge is 0.352 e. The minimum atomic E-state index is -0.344. The summed E-state index contributed by atoms with van der Waals surface area (Å²) in [6, 6.07) is 15.8. The molecule has 3 rings (SSSR count). The molecule has 0 aliphatic carbocycles. The lowest BCUT2D eigenvalue weighted by atomic mass is 10.1. The number of nitrogens with one attached hydrogen (secondary N) is 1. The molecule has 0 saturated carbocycles. The minimum absolute atomic E-state index is 0.0967. The number of carbonyl (C=O) groups is 1. The Morgan fingerprint density at radius 3 is 2.64 bits per heavy atom. The van der Waals surface area contributed by atoms with E-state index < -0.39 is 0 Å². The van der Waals surface area contributed by atoms with Gasteiger partial charge in [-0.25, -0.2) is 4.39 Å². The maximum atomic E-state index is 13.6. The number of rotatable bonds is 5. The highest BCUT2D eigenvalue weighted by Crippen LogP contribution is 2.13. The van der Waals surface area contributed by atoms with E-state index in [1.165, 1.54) is 6.07 Å². The van der Waals surface area contributed by atoms with Gasteiger partial charge in [-0.1, -0.05) is 36.4 Å². The average molecular weight is 338 g/mol. The molecule has 0 atom stereocenters. The molecule has 25 heavy (non-hydrogen) atoms. The molecule has 1 amide bonds. The first-order valence-corrected chi connectivity index (χ1v) is 8.15. The summed E-state index contributed by atoms with van der Waals surface area (Å²) in [5.41, 5.74) is 1.79. The van der Waals surface area contributed by atoms with Crippen molar-refractivity contribution in [3.8, 4) is 0 Å². The molecule has 0 radical (unpaired) electrons. The summed E-state index contributed by atoms with van der Waals surface area (Å²) < 4.78 is 15.2. The summed E-state index contributed by atoms with van der Waals surface area (Å²) in [6.07, 6.45) is 0.155. The van der Waals surface area contributed by atoms with E-state index in [1.807, 2.05) is 30.3 Å². The standard InChI is InChI=1S/C20H19FN2O2/c1-14-12-15-6-3-5-9-18(15)23(20(14)25)11-10-19(24)22-13-16-7-2-4-8-17(16)21/h2-9,12H,10-11,13H2,1H3,(H,22,24). The first kappa shape index (κ1) is 16.9. The molecule has 1 aromatic heterocycles. The second kappa shape index (κ2) is 7.30. The van der Waals surface area contributed by atoms with E-state index in [0.717, 1.165) is 10.9 Å². The number of carbonyl (C=O) groups excluding carboxylic acids is 1. The smallest absolute Gasteiger partial charge is 0.253 e. The number of halogens is 1. The molecule has 2 aromatic carbocycles. The van der Waals surface area contributed by atoms with Gasteiger partial charge in [0.1, 0.15) is 5.82 Å². The highest BCUT2D eigenvalue weighted by Gasteiger charge is 2.09. The second-order valence-corrected chi connectivity index (χ2v) is 5.96. The number of aromatic nitrogens is 1. The van der Waals surface area contributed by atoms with E-state index in [-0.39, 0.29) is 36.8 Å². The van der Waals surface area contributed by atoms with E-state index in [4.69, 9.17) is 0 Å². The van der Waals surface area contributed by atoms with Crippen molar-refractivity contribution in [1.82, 2.24) is 9.88 Å². The van der Waals surface area contributed by atoms with Gasteiger partial charge in [0, 0.05) is 30.6 Å². The van der Waals surface area contributed by atoms with Gasteiger partial charge in [-0.3, -0.25) is 9.59 Å². The first-order valence-electron chi connectivity index (χ1n) is 8.15. The fraction of sp³-hybridized carbons (Fsp3) is 0.200. The maximum absolute atomic E-state index is 13.6. The number of aryl methyl sites for hydroxylation is 2. The van der Waals surface area contributed by atoms with Gasteiger partial charge in [-0.05, 0) is 30.5 Å². The predicted octanol–water partition coefficient (Wildman–Crippen LogP) is 3.16. The Morgan fingerprint density at radius 2 is 1.84 bits per heavy atom. The van der Waals surface area contributed by atoms with Gasteiger partial charge in [0.15, 0.2) is 0 Å². The molecular formula is C20H19FN2O2. The summed E-state index contributed by atoms with van der Waals surface area (Å²) in [4.78, 5) is 24.5. The number of hydrogen-bond donors (Lipinski definition) is 1. The Morgan fingerprint density at radius 1 is 1.12 bits per heavy atom. The van der Waals surface area contributed by atoms with Crippen molar-refractivity contribution in [2.24, 2.45) is 0 Å². The van der Waals surface area contributed by atoms with Crippen molar-refractivity contribution in [3.05, 3.63) is 81.9 Å². The lowest BCUT2D eigenvalue weighted by Gasteiger charge is -2.12. The van der Waals surface area contributed by atoms with E-state index in [0.29, 0.717) is 11.1 Å². The number of nitrogens with zero attached hydrogens (tertiary/aromatic N) is 1. The molecule has 5 heteroatoms. The highest BCUT2D eigenvalue weighted by atomic mass is 19.1. The monoisotopic (exact) mass is 338 g/mol. The zero-order valence-corrected chi connectivity index (χ0v) is 14.0. The molecule has 0 fully saturated rings. The average Bonchev–Trinajstić information content (AvgIpc) is 2.61. The number of fused-ring (bicyclic) bond motifs is 1. The van der Waals surface area contributed by atoms with Crippen LogP contribution in [-0.2, 0) is 17.9 Å². The zero-order valence-electron chi connectivity index (χ0n) is 14.0. The Kier molecular flexibility index (Phi) is 4.93. The van der Waals surface area contributed by atoms with Crippen molar-refractivity contribution >= 4 is 16.8 Å². The van der Waals surface area contributed by atoms with Crippen LogP contribution in [0.3, 0.4) is 0 Å². The van der Waals surface area contributed by atoms with Gasteiger partial charge in [0.25, 0.3) is 5.56 Å². The van der Waals surface area contributed by atoms with Crippen LogP contribution in [0.5, 0.6) is 0 Å². The third-order valence-corrected chi connectivity index (χ3v) is 4.18. The predicted molar refractivity (Wildman–Crippen MR) is 95.8 cm³/mol. The number of pyridine rings is 1. The van der Waals surface area contributed by atoms with Gasteiger partial charge >= 0.3 is 0 Å². The Bertz CT molecular complexity index is 979. The van der Waals surface area contributed by atoms with Crippen LogP contribution in [-0.4, -0.2) is 10.5 Å². The third kappa shape index (κ3) is 3.76. The number of benzene rings is 2. The fourth-order valence-electron chi connectivity index (χ4n) is 2.83. The molecule has 1 heterocycles. The lowest BCUT2D eigenvalue weighted by Crippen LogP contribution is -2.28. The van der Waals surface area contributed by atoms with Crippen LogP contribution in [0.4, 0.5) is 4.39 Å². The summed E-state index contributed by atoms with van der Waals surface area (Å²) in [5.74, 6) is -0.565. The lowest BCUT2D eigenvalue weighted by molar-refractivity contribution is -0.121. The zero-order chi connectivity index (χ0) is 17.8. The van der Waals surface area contributed by atoms with Gasteiger partial charge in [0.05, 0.1) is 5.52 Å². The molecule has 0 spiro atoms. The van der Waals surface area contributed by atoms with E-state index in [2.05, 4.69) is 5.32 Å². The van der Waals surface area contributed by atoms with Crippen molar-refractivity contribution in [3.63, 3.8) is 0 Å². The van der Waals surface area contributed by atoms with Crippen molar-refractivity contribution in [1.29, 1.82) is 0 Å². The number of hydrogen-bond acceptors (Lipinski definition) is 2. The Hall–Kier alpha value is -2.95. The van der Waals surface area contributed by atoms with Gasteiger partial charge in [-0.2, -0.15) is 0 Å². The molecule has 0 unspecified atom stereocenters. The van der Waals surface area contributed by atoms with Gasteiger partial charge < -0.3 is 9.88 Å². The van der Waals surface area contributed by atoms with E-state index in [1.54, 1.807) is 29.7 Å². The van der Waals surface area contributed by atoms with Crippen LogP contribution in [0.1, 0.15) is 17.5 Å². The van der Waals surface area contributed by atoms with Crippen molar-refractivity contribution < 1.29 is 9.18 Å². The SMILES string of the molecule is Cc1cc2ccccc2n(CCC(=O)NCc2ccccc2F)c1=O. The quantitative estimate of drug-likeness (QED) is 0.777. The third-order valence-electron chi connectivity index (χ3n) is 4.18.